The largest absolute Gasteiger partial charge is 0.504 e. The van der Waals surface area contributed by atoms with E-state index in [9.17, 15) is 34.8 Å². The van der Waals surface area contributed by atoms with Gasteiger partial charge in [0, 0.05) is 36.8 Å². The molecule has 1 fully saturated rings. The number of benzene rings is 2. The molecule has 1 saturated heterocycles. The van der Waals surface area contributed by atoms with Gasteiger partial charge in [0.05, 0.1) is 17.0 Å². The zero-order valence-electron chi connectivity index (χ0n) is 20.7. The first kappa shape index (κ1) is 25.3. The Bertz CT molecular complexity index is 1570. The maximum atomic E-state index is 13.6. The molecule has 1 unspecified atom stereocenters. The van der Waals surface area contributed by atoms with Crippen LogP contribution in [0.3, 0.4) is 0 Å². The molecule has 2 aliphatic rings. The number of likely N-dealkylation sites (N-methyl/N-ethyl adjacent to an activating group) is 2. The summed E-state index contributed by atoms with van der Waals surface area (Å²) in [5.41, 5.74) is -1.16. The first-order valence-electron chi connectivity index (χ1n) is 11.9. The lowest BCUT2D eigenvalue weighted by atomic mass is 9.86. The highest BCUT2D eigenvalue weighted by Crippen LogP contribution is 2.37. The highest BCUT2D eigenvalue weighted by Gasteiger charge is 2.30. The highest BCUT2D eigenvalue weighted by atomic mass is 16.5. The molecule has 0 radical (unpaired) electrons. The fourth-order valence-electron chi connectivity index (χ4n) is 4.86. The molecule has 0 saturated carbocycles. The summed E-state index contributed by atoms with van der Waals surface area (Å²) in [4.78, 5) is 44.1. The lowest BCUT2D eigenvalue weighted by molar-refractivity contribution is 0.0233. The number of ether oxygens (including phenoxy) is 1. The van der Waals surface area contributed by atoms with Gasteiger partial charge in [0.2, 0.25) is 5.43 Å². The van der Waals surface area contributed by atoms with Crippen molar-refractivity contribution in [3.63, 3.8) is 0 Å². The first-order chi connectivity index (χ1) is 18.1. The van der Waals surface area contributed by atoms with Crippen LogP contribution >= 0.6 is 0 Å². The van der Waals surface area contributed by atoms with Gasteiger partial charge >= 0.3 is 5.97 Å². The van der Waals surface area contributed by atoms with Crippen LogP contribution in [-0.2, 0) is 11.2 Å². The molecule has 4 N–H and O–H groups in total. The van der Waals surface area contributed by atoms with E-state index in [1.807, 2.05) is 19.0 Å². The van der Waals surface area contributed by atoms with E-state index in [1.165, 1.54) is 12.1 Å². The summed E-state index contributed by atoms with van der Waals surface area (Å²) in [7, 11) is 3.86. The van der Waals surface area contributed by atoms with Crippen molar-refractivity contribution in [2.24, 2.45) is 0 Å². The highest BCUT2D eigenvalue weighted by molar-refractivity contribution is 6.30. The van der Waals surface area contributed by atoms with Crippen molar-refractivity contribution in [1.29, 1.82) is 0 Å². The molecule has 1 aromatic heterocycles. The third-order valence-corrected chi connectivity index (χ3v) is 7.12. The number of aromatic hydroxyl groups is 4. The summed E-state index contributed by atoms with van der Waals surface area (Å²) in [5.74, 6) is -3.98. The van der Waals surface area contributed by atoms with Crippen LogP contribution in [0.5, 0.6) is 23.0 Å². The molecule has 198 valence electrons. The van der Waals surface area contributed by atoms with Crippen molar-refractivity contribution >= 4 is 28.3 Å². The van der Waals surface area contributed by atoms with E-state index < -0.39 is 40.0 Å². The summed E-state index contributed by atoms with van der Waals surface area (Å²) in [5, 5.41) is 40.1. The normalized spacial score (nSPS) is 18.3. The van der Waals surface area contributed by atoms with Gasteiger partial charge < -0.3 is 34.5 Å². The number of hydrogen-bond acceptors (Lipinski definition) is 11. The third kappa shape index (κ3) is 4.25. The van der Waals surface area contributed by atoms with E-state index in [0.717, 1.165) is 31.5 Å². The van der Waals surface area contributed by atoms with Crippen LogP contribution in [0, 0.1) is 0 Å². The number of phenols is 4. The molecular formula is C27H26N2O9. The Morgan fingerprint density at radius 3 is 2.53 bits per heavy atom. The van der Waals surface area contributed by atoms with Gasteiger partial charge in [0.1, 0.15) is 24.0 Å². The minimum atomic E-state index is -1.02. The molecule has 11 heteroatoms. The number of rotatable bonds is 4. The maximum Gasteiger partial charge on any atom is 0.343 e. The molecule has 3 aromatic rings. The Kier molecular flexibility index (Phi) is 6.33. The molecule has 0 bridgehead atoms. The van der Waals surface area contributed by atoms with Gasteiger partial charge in [-0.15, -0.1) is 0 Å². The minimum absolute atomic E-state index is 0.0158. The van der Waals surface area contributed by atoms with E-state index in [0.29, 0.717) is 12.1 Å². The summed E-state index contributed by atoms with van der Waals surface area (Å²) >= 11 is 0. The SMILES string of the molecule is CN1CCN(C)C(COC(=O)c2c(O)c(O)cc3occ(C4=CCc5cc(O)c(O)cc5C4=O)c(=O)c23)C1. The number of carbonyl (C=O) groups excluding carboxylic acids is 2. The molecule has 38 heavy (non-hydrogen) atoms. The molecule has 2 heterocycles. The first-order valence-corrected chi connectivity index (χ1v) is 11.9. The van der Waals surface area contributed by atoms with Crippen LogP contribution in [0.15, 0.2) is 39.7 Å². The molecule has 1 aliphatic heterocycles. The average molecular weight is 523 g/mol. The average Bonchev–Trinajstić information content (AvgIpc) is 2.88. The Balaban J connectivity index is 1.55. The quantitative estimate of drug-likeness (QED) is 0.292. The van der Waals surface area contributed by atoms with Gasteiger partial charge in [-0.05, 0) is 38.2 Å². The minimum Gasteiger partial charge on any atom is -0.504 e. The number of ketones is 1. The van der Waals surface area contributed by atoms with Crippen molar-refractivity contribution in [3.8, 4) is 23.0 Å². The van der Waals surface area contributed by atoms with Gasteiger partial charge in [-0.1, -0.05) is 6.08 Å². The van der Waals surface area contributed by atoms with Gasteiger partial charge in [-0.25, -0.2) is 4.79 Å². The summed E-state index contributed by atoms with van der Waals surface area (Å²) in [6.07, 6.45) is 2.70. The topological polar surface area (TPSA) is 161 Å². The van der Waals surface area contributed by atoms with E-state index in [-0.39, 0.29) is 52.5 Å². The molecule has 2 aromatic carbocycles. The summed E-state index contributed by atoms with van der Waals surface area (Å²) < 4.78 is 11.0. The molecule has 0 spiro atoms. The molecular weight excluding hydrogens is 496 g/mol. The monoisotopic (exact) mass is 522 g/mol. The number of carbonyl (C=O) groups is 2. The second kappa shape index (κ2) is 9.51. The van der Waals surface area contributed by atoms with Crippen molar-refractivity contribution in [1.82, 2.24) is 9.80 Å². The molecule has 1 aliphatic carbocycles. The van der Waals surface area contributed by atoms with Crippen molar-refractivity contribution in [3.05, 3.63) is 63.0 Å². The van der Waals surface area contributed by atoms with Crippen molar-refractivity contribution in [2.45, 2.75) is 12.5 Å². The maximum absolute atomic E-state index is 13.6. The molecule has 11 nitrogen and oxygen atoms in total. The van der Waals surface area contributed by atoms with E-state index >= 15 is 0 Å². The molecule has 5 rings (SSSR count). The smallest absolute Gasteiger partial charge is 0.343 e. The Morgan fingerprint density at radius 2 is 1.76 bits per heavy atom. The Labute approximate surface area is 216 Å². The fourth-order valence-corrected chi connectivity index (χ4v) is 4.86. The van der Waals surface area contributed by atoms with Crippen LogP contribution in [0.2, 0.25) is 0 Å². The zero-order chi connectivity index (χ0) is 27.3. The number of piperazine rings is 1. The number of allylic oxidation sites excluding steroid dienone is 2. The number of phenolic OH excluding ortho intramolecular Hbond substituents is 4. The number of Topliss-reactive ketones (excluding diaryl/α,β-unsaturated/α-hetero) is 1. The number of esters is 1. The second-order valence-corrected chi connectivity index (χ2v) is 9.62. The van der Waals surface area contributed by atoms with Crippen LogP contribution in [0.4, 0.5) is 0 Å². The lowest BCUT2D eigenvalue weighted by Gasteiger charge is -2.37. The van der Waals surface area contributed by atoms with Gasteiger partial charge in [-0.3, -0.25) is 14.5 Å². The zero-order valence-corrected chi connectivity index (χ0v) is 20.7. The Morgan fingerprint density at radius 1 is 1.03 bits per heavy atom. The lowest BCUT2D eigenvalue weighted by Crippen LogP contribution is -2.52. The van der Waals surface area contributed by atoms with Crippen molar-refractivity contribution in [2.75, 3.05) is 40.3 Å². The van der Waals surface area contributed by atoms with Crippen LogP contribution < -0.4 is 5.43 Å². The number of nitrogens with zero attached hydrogens (tertiary/aromatic N) is 2. The molecule has 1 atom stereocenters. The van der Waals surface area contributed by atoms with E-state index in [2.05, 4.69) is 4.90 Å². The number of fused-ring (bicyclic) bond motifs is 2. The number of hydrogen-bond donors (Lipinski definition) is 4. The Hall–Kier alpha value is -4.35. The van der Waals surface area contributed by atoms with Crippen LogP contribution in [0.25, 0.3) is 16.5 Å². The van der Waals surface area contributed by atoms with E-state index in [4.69, 9.17) is 9.15 Å². The second-order valence-electron chi connectivity index (χ2n) is 9.62. The van der Waals surface area contributed by atoms with Gasteiger partial charge in [0.25, 0.3) is 0 Å². The van der Waals surface area contributed by atoms with Crippen molar-refractivity contribution < 1.29 is 39.2 Å². The van der Waals surface area contributed by atoms with Gasteiger partial charge in [0.15, 0.2) is 28.8 Å². The molecule has 0 amide bonds. The predicted octanol–water partition coefficient (Wildman–Crippen LogP) is 1.84. The third-order valence-electron chi connectivity index (χ3n) is 7.12. The summed E-state index contributed by atoms with van der Waals surface area (Å²) in [6, 6.07) is 3.28. The fraction of sp³-hybridized carbons (Fsp3) is 0.296. The predicted molar refractivity (Wildman–Crippen MR) is 136 cm³/mol. The van der Waals surface area contributed by atoms with Crippen LogP contribution in [-0.4, -0.2) is 88.4 Å². The van der Waals surface area contributed by atoms with E-state index in [1.54, 1.807) is 0 Å². The van der Waals surface area contributed by atoms with Crippen LogP contribution in [0.1, 0.15) is 31.8 Å². The van der Waals surface area contributed by atoms with Gasteiger partial charge in [-0.2, -0.15) is 0 Å². The standard InChI is InChI=1S/C27H26N2O9/c1-28-5-6-29(2)14(10-28)11-38-27(36)23-22-21(9-20(32)26(23)35)37-12-17(25(22)34)15-4-3-13-7-18(30)19(31)8-16(13)24(15)33/h4,7-9,12,14,30-32,35H,3,5-6,10-11H2,1-2H3. The summed E-state index contributed by atoms with van der Waals surface area (Å²) in [6.45, 7) is 2.27.